The van der Waals surface area contributed by atoms with E-state index < -0.39 is 11.6 Å². The number of pyridine rings is 1. The average Bonchev–Trinajstić information content (AvgIpc) is 2.23. The van der Waals surface area contributed by atoms with Crippen LogP contribution in [0.3, 0.4) is 0 Å². The molecule has 1 N–H and O–H groups in total. The minimum absolute atomic E-state index is 0.0955. The molecule has 0 aromatic carbocycles. The quantitative estimate of drug-likeness (QED) is 0.648. The van der Waals surface area contributed by atoms with Gasteiger partial charge in [0.15, 0.2) is 0 Å². The SMILES string of the molecule is CC1=C(O)c2ccnc(C)c2C(=O)C1=O. The van der Waals surface area contributed by atoms with Crippen molar-refractivity contribution in [1.82, 2.24) is 4.98 Å². The minimum Gasteiger partial charge on any atom is -0.507 e. The number of rotatable bonds is 0. The van der Waals surface area contributed by atoms with Gasteiger partial charge in [-0.15, -0.1) is 0 Å². The van der Waals surface area contributed by atoms with Gasteiger partial charge in [0.1, 0.15) is 5.76 Å². The van der Waals surface area contributed by atoms with E-state index >= 15 is 0 Å². The first-order valence-electron chi connectivity index (χ1n) is 4.49. The van der Waals surface area contributed by atoms with Gasteiger partial charge >= 0.3 is 0 Å². The molecule has 0 aliphatic heterocycles. The Labute approximate surface area is 86.3 Å². The maximum atomic E-state index is 11.7. The van der Waals surface area contributed by atoms with Crippen molar-refractivity contribution >= 4 is 17.3 Å². The minimum atomic E-state index is -0.656. The number of allylic oxidation sites excluding steroid dienone is 1. The molecular weight excluding hydrogens is 194 g/mol. The molecular formula is C11H9NO3. The summed E-state index contributed by atoms with van der Waals surface area (Å²) in [5.74, 6) is -1.37. The zero-order valence-electron chi connectivity index (χ0n) is 8.37. The zero-order chi connectivity index (χ0) is 11.2. The number of aliphatic hydroxyl groups excluding tert-OH is 1. The fraction of sp³-hybridized carbons (Fsp3) is 0.182. The van der Waals surface area contributed by atoms with E-state index in [1.807, 2.05) is 0 Å². The Bertz CT molecular complexity index is 515. The van der Waals surface area contributed by atoms with Crippen molar-refractivity contribution < 1.29 is 14.7 Å². The van der Waals surface area contributed by atoms with Crippen LogP contribution in [-0.2, 0) is 4.79 Å². The maximum absolute atomic E-state index is 11.7. The van der Waals surface area contributed by atoms with Crippen molar-refractivity contribution in [2.75, 3.05) is 0 Å². The van der Waals surface area contributed by atoms with Crippen molar-refractivity contribution in [3.8, 4) is 0 Å². The number of carbonyl (C=O) groups excluding carboxylic acids is 2. The Morgan fingerprint density at radius 1 is 1.20 bits per heavy atom. The lowest BCUT2D eigenvalue weighted by Gasteiger charge is -2.16. The van der Waals surface area contributed by atoms with Gasteiger partial charge in [0, 0.05) is 23.0 Å². The molecule has 1 aromatic heterocycles. The summed E-state index contributed by atoms with van der Waals surface area (Å²) in [5, 5.41) is 9.72. The second-order valence-electron chi connectivity index (χ2n) is 3.45. The molecule has 0 bridgehead atoms. The molecule has 1 aromatic rings. The number of carbonyl (C=O) groups is 2. The molecule has 15 heavy (non-hydrogen) atoms. The largest absolute Gasteiger partial charge is 0.507 e. The molecule has 1 heterocycles. The highest BCUT2D eigenvalue weighted by Crippen LogP contribution is 2.28. The van der Waals surface area contributed by atoms with E-state index in [2.05, 4.69) is 4.98 Å². The fourth-order valence-corrected chi connectivity index (χ4v) is 1.64. The Balaban J connectivity index is 2.84. The summed E-state index contributed by atoms with van der Waals surface area (Å²) in [4.78, 5) is 27.0. The van der Waals surface area contributed by atoms with Gasteiger partial charge in [-0.2, -0.15) is 0 Å². The predicted octanol–water partition coefficient (Wildman–Crippen LogP) is 1.44. The lowest BCUT2D eigenvalue weighted by Crippen LogP contribution is -2.24. The van der Waals surface area contributed by atoms with Crippen LogP contribution in [0.5, 0.6) is 0 Å². The Morgan fingerprint density at radius 3 is 2.53 bits per heavy atom. The standard InChI is InChI=1S/C11H9NO3/c1-5-9(13)7-3-4-12-6(2)8(7)11(15)10(5)14/h3-4,13H,1-2H3. The number of hydrogen-bond donors (Lipinski definition) is 1. The number of aliphatic hydroxyl groups is 1. The highest BCUT2D eigenvalue weighted by Gasteiger charge is 2.31. The molecule has 0 fully saturated rings. The van der Waals surface area contributed by atoms with E-state index in [0.29, 0.717) is 11.3 Å². The third-order valence-corrected chi connectivity index (χ3v) is 2.52. The monoisotopic (exact) mass is 203 g/mol. The van der Waals surface area contributed by atoms with Crippen molar-refractivity contribution in [1.29, 1.82) is 0 Å². The number of hydrogen-bond acceptors (Lipinski definition) is 4. The number of aryl methyl sites for hydroxylation is 1. The van der Waals surface area contributed by atoms with Crippen LogP contribution < -0.4 is 0 Å². The molecule has 76 valence electrons. The van der Waals surface area contributed by atoms with Gasteiger partial charge in [0.2, 0.25) is 11.6 Å². The van der Waals surface area contributed by atoms with Crippen LogP contribution in [0.1, 0.15) is 28.5 Å². The normalized spacial score (nSPS) is 15.6. The number of nitrogens with zero attached hydrogens (tertiary/aromatic N) is 1. The summed E-state index contributed by atoms with van der Waals surface area (Å²) < 4.78 is 0. The molecule has 1 aliphatic carbocycles. The van der Waals surface area contributed by atoms with E-state index in [1.165, 1.54) is 19.2 Å². The summed E-state index contributed by atoms with van der Waals surface area (Å²) >= 11 is 0. The molecule has 0 amide bonds. The summed E-state index contributed by atoms with van der Waals surface area (Å²) in [6, 6.07) is 1.53. The average molecular weight is 203 g/mol. The van der Waals surface area contributed by atoms with Crippen LogP contribution in [0.15, 0.2) is 17.8 Å². The molecule has 0 radical (unpaired) electrons. The van der Waals surface area contributed by atoms with Gasteiger partial charge in [0.05, 0.1) is 5.56 Å². The number of aromatic nitrogens is 1. The topological polar surface area (TPSA) is 67.3 Å². The number of Topliss-reactive ketones (excluding diaryl/α,β-unsaturated/α-hetero) is 2. The molecule has 4 heteroatoms. The van der Waals surface area contributed by atoms with Gasteiger partial charge in [-0.05, 0) is 19.9 Å². The van der Waals surface area contributed by atoms with Gasteiger partial charge in [-0.25, -0.2) is 0 Å². The highest BCUT2D eigenvalue weighted by molar-refractivity contribution is 6.52. The molecule has 0 unspecified atom stereocenters. The number of ketones is 2. The van der Waals surface area contributed by atoms with E-state index in [4.69, 9.17) is 0 Å². The number of fused-ring (bicyclic) bond motifs is 1. The molecule has 4 nitrogen and oxygen atoms in total. The first-order valence-corrected chi connectivity index (χ1v) is 4.49. The molecule has 0 atom stereocenters. The van der Waals surface area contributed by atoms with Crippen LogP contribution in [0.25, 0.3) is 5.76 Å². The van der Waals surface area contributed by atoms with Crippen LogP contribution >= 0.6 is 0 Å². The van der Waals surface area contributed by atoms with E-state index in [1.54, 1.807) is 6.92 Å². The molecule has 2 rings (SSSR count). The zero-order valence-corrected chi connectivity index (χ0v) is 8.37. The molecule has 0 saturated carbocycles. The molecule has 1 aliphatic rings. The van der Waals surface area contributed by atoms with Gasteiger partial charge in [-0.3, -0.25) is 14.6 Å². The summed E-state index contributed by atoms with van der Waals surface area (Å²) in [6.07, 6.45) is 1.50. The van der Waals surface area contributed by atoms with E-state index in [0.717, 1.165) is 0 Å². The van der Waals surface area contributed by atoms with Crippen molar-refractivity contribution in [3.63, 3.8) is 0 Å². The first kappa shape index (κ1) is 9.58. The second kappa shape index (κ2) is 3.02. The Morgan fingerprint density at radius 2 is 1.87 bits per heavy atom. The van der Waals surface area contributed by atoms with Crippen LogP contribution in [-0.4, -0.2) is 21.7 Å². The van der Waals surface area contributed by atoms with Crippen LogP contribution in [0.4, 0.5) is 0 Å². The van der Waals surface area contributed by atoms with Gasteiger partial charge < -0.3 is 5.11 Å². The van der Waals surface area contributed by atoms with Gasteiger partial charge in [0.25, 0.3) is 0 Å². The van der Waals surface area contributed by atoms with Crippen molar-refractivity contribution in [2.45, 2.75) is 13.8 Å². The Hall–Kier alpha value is -1.97. The summed E-state index contributed by atoms with van der Waals surface area (Å²) in [6.45, 7) is 3.08. The summed E-state index contributed by atoms with van der Waals surface area (Å²) in [5.41, 5.74) is 1.17. The highest BCUT2D eigenvalue weighted by atomic mass is 16.3. The predicted molar refractivity (Wildman–Crippen MR) is 53.5 cm³/mol. The lowest BCUT2D eigenvalue weighted by atomic mass is 9.89. The van der Waals surface area contributed by atoms with Crippen LogP contribution in [0.2, 0.25) is 0 Å². The first-order chi connectivity index (χ1) is 7.04. The van der Waals surface area contributed by atoms with E-state index in [-0.39, 0.29) is 16.9 Å². The summed E-state index contributed by atoms with van der Waals surface area (Å²) in [7, 11) is 0. The third kappa shape index (κ3) is 1.18. The fourth-order valence-electron chi connectivity index (χ4n) is 1.64. The van der Waals surface area contributed by atoms with Crippen molar-refractivity contribution in [2.24, 2.45) is 0 Å². The molecule has 0 saturated heterocycles. The van der Waals surface area contributed by atoms with Crippen LogP contribution in [0, 0.1) is 6.92 Å². The molecule has 0 spiro atoms. The lowest BCUT2D eigenvalue weighted by molar-refractivity contribution is -0.111. The third-order valence-electron chi connectivity index (χ3n) is 2.52. The Kier molecular flexibility index (Phi) is 1.93. The smallest absolute Gasteiger partial charge is 0.235 e. The van der Waals surface area contributed by atoms with E-state index in [9.17, 15) is 14.7 Å². The second-order valence-corrected chi connectivity index (χ2v) is 3.45. The maximum Gasteiger partial charge on any atom is 0.235 e. The van der Waals surface area contributed by atoms with Crippen molar-refractivity contribution in [3.05, 3.63) is 34.7 Å². The van der Waals surface area contributed by atoms with Gasteiger partial charge in [-0.1, -0.05) is 0 Å².